The number of fused-ring (bicyclic) bond motifs is 1. The Labute approximate surface area is 218 Å². The molecule has 0 bridgehead atoms. The number of aliphatic hydroxyl groups is 1. The molecule has 1 aliphatic carbocycles. The lowest BCUT2D eigenvalue weighted by atomic mass is 10.0. The Balaban J connectivity index is 1.34. The van der Waals surface area contributed by atoms with E-state index in [4.69, 9.17) is 14.8 Å². The summed E-state index contributed by atoms with van der Waals surface area (Å²) in [4.78, 5) is 37.5. The van der Waals surface area contributed by atoms with Gasteiger partial charge in [0.15, 0.2) is 6.73 Å². The quantitative estimate of drug-likeness (QED) is 0.429. The van der Waals surface area contributed by atoms with Gasteiger partial charge in [0.25, 0.3) is 5.56 Å². The predicted octanol–water partition coefficient (Wildman–Crippen LogP) is 0.580. The number of ether oxygens (including phenoxy) is 1. The molecule has 38 heavy (non-hydrogen) atoms. The molecule has 0 unspecified atom stereocenters. The predicted molar refractivity (Wildman–Crippen MR) is 140 cm³/mol. The van der Waals surface area contributed by atoms with Gasteiger partial charge in [-0.15, -0.1) is 0 Å². The number of anilines is 2. The normalized spacial score (nSPS) is 15.4. The first kappa shape index (κ1) is 25.7. The number of benzene rings is 1. The number of nitrogens with zero attached hydrogens (tertiary/aromatic N) is 6. The number of aromatic nitrogens is 4. The standard InChI is InChI=1S/C27H31FN6O4/c1-31(26-29-13-10-24(36)34(26)18-38-25(37)17-35)21-11-14-32(15-12-21)27-30-22-4-2-3-5-23(22)33(27)16-19-6-8-20(28)9-7-19/h4-10,13,21,35H,2-3,11-12,14-18H2,1H3. The number of halogens is 1. The molecule has 11 heteroatoms. The van der Waals surface area contributed by atoms with Crippen LogP contribution in [0.2, 0.25) is 0 Å². The molecule has 5 rings (SSSR count). The topological polar surface area (TPSA) is 106 Å². The summed E-state index contributed by atoms with van der Waals surface area (Å²) in [5, 5.41) is 11.0. The molecule has 1 saturated heterocycles. The van der Waals surface area contributed by atoms with Gasteiger partial charge in [-0.2, -0.15) is 0 Å². The van der Waals surface area contributed by atoms with Crippen molar-refractivity contribution in [2.24, 2.45) is 0 Å². The van der Waals surface area contributed by atoms with Gasteiger partial charge in [0.1, 0.15) is 12.4 Å². The zero-order chi connectivity index (χ0) is 26.6. The zero-order valence-corrected chi connectivity index (χ0v) is 21.3. The van der Waals surface area contributed by atoms with E-state index in [2.05, 4.69) is 26.6 Å². The van der Waals surface area contributed by atoms with Crippen LogP contribution >= 0.6 is 0 Å². The van der Waals surface area contributed by atoms with Crippen molar-refractivity contribution in [3.05, 3.63) is 69.0 Å². The van der Waals surface area contributed by atoms with Crippen molar-refractivity contribution in [3.63, 3.8) is 0 Å². The highest BCUT2D eigenvalue weighted by atomic mass is 19.1. The molecular weight excluding hydrogens is 491 g/mol. The number of hydrogen-bond acceptors (Lipinski definition) is 8. The van der Waals surface area contributed by atoms with E-state index in [-0.39, 0.29) is 24.1 Å². The van der Waals surface area contributed by atoms with Gasteiger partial charge in [0.05, 0.1) is 17.2 Å². The van der Waals surface area contributed by atoms with E-state index in [0.717, 1.165) is 61.0 Å². The average molecular weight is 523 g/mol. The van der Waals surface area contributed by atoms with Gasteiger partial charge >= 0.3 is 5.97 Å². The summed E-state index contributed by atoms with van der Waals surface area (Å²) in [6.45, 7) is 1.04. The second kappa shape index (κ2) is 11.2. The Kier molecular flexibility index (Phi) is 7.54. The molecule has 1 N–H and O–H groups in total. The Hall–Kier alpha value is -3.99. The molecule has 0 spiro atoms. The summed E-state index contributed by atoms with van der Waals surface area (Å²) in [6, 6.07) is 8.00. The van der Waals surface area contributed by atoms with Crippen molar-refractivity contribution in [1.82, 2.24) is 19.1 Å². The third-order valence-electron chi connectivity index (χ3n) is 7.12. The number of aliphatic hydroxyl groups excluding tert-OH is 1. The average Bonchev–Trinajstić information content (AvgIpc) is 3.31. The Morgan fingerprint density at radius 3 is 2.61 bits per heavy atom. The van der Waals surface area contributed by atoms with Crippen LogP contribution < -0.4 is 26.1 Å². The maximum atomic E-state index is 13.5. The van der Waals surface area contributed by atoms with Crippen LogP contribution in [0.25, 0.3) is 12.2 Å². The van der Waals surface area contributed by atoms with Crippen molar-refractivity contribution in [1.29, 1.82) is 0 Å². The lowest BCUT2D eigenvalue weighted by Gasteiger charge is -2.38. The van der Waals surface area contributed by atoms with Crippen molar-refractivity contribution < 1.29 is 19.0 Å². The van der Waals surface area contributed by atoms with Crippen LogP contribution in [0.5, 0.6) is 0 Å². The van der Waals surface area contributed by atoms with Gasteiger partial charge in [0.2, 0.25) is 11.9 Å². The van der Waals surface area contributed by atoms with Crippen LogP contribution in [0, 0.1) is 5.82 Å². The first-order chi connectivity index (χ1) is 18.4. The molecule has 1 aromatic carbocycles. The lowest BCUT2D eigenvalue weighted by Crippen LogP contribution is -2.46. The highest BCUT2D eigenvalue weighted by Crippen LogP contribution is 2.23. The largest absolute Gasteiger partial charge is 0.442 e. The molecule has 2 aliphatic rings. The fraction of sp³-hybridized carbons (Fsp3) is 0.407. The van der Waals surface area contributed by atoms with Crippen LogP contribution in [0.3, 0.4) is 0 Å². The smallest absolute Gasteiger partial charge is 0.333 e. The summed E-state index contributed by atoms with van der Waals surface area (Å²) < 4.78 is 22.0. The molecule has 2 aromatic heterocycles. The summed E-state index contributed by atoms with van der Waals surface area (Å²) >= 11 is 0. The molecule has 0 atom stereocenters. The molecule has 10 nitrogen and oxygen atoms in total. The van der Waals surface area contributed by atoms with E-state index in [1.54, 1.807) is 0 Å². The number of rotatable bonds is 8. The minimum Gasteiger partial charge on any atom is -0.442 e. The van der Waals surface area contributed by atoms with E-state index in [1.165, 1.54) is 29.0 Å². The Morgan fingerprint density at radius 1 is 1.13 bits per heavy atom. The van der Waals surface area contributed by atoms with Crippen LogP contribution in [-0.4, -0.2) is 63.0 Å². The highest BCUT2D eigenvalue weighted by molar-refractivity contribution is 5.70. The number of esters is 1. The second-order valence-corrected chi connectivity index (χ2v) is 9.52. The second-order valence-electron chi connectivity index (χ2n) is 9.52. The van der Waals surface area contributed by atoms with Crippen LogP contribution in [0.15, 0.2) is 41.3 Å². The summed E-state index contributed by atoms with van der Waals surface area (Å²) in [7, 11) is 1.88. The number of piperidine rings is 1. The van der Waals surface area contributed by atoms with E-state index in [9.17, 15) is 14.0 Å². The molecule has 3 heterocycles. The van der Waals surface area contributed by atoms with Crippen molar-refractivity contribution in [3.8, 4) is 0 Å². The van der Waals surface area contributed by atoms with Crippen LogP contribution in [-0.2, 0) is 22.8 Å². The van der Waals surface area contributed by atoms with Crippen LogP contribution in [0.4, 0.5) is 16.3 Å². The van der Waals surface area contributed by atoms with Gasteiger partial charge in [-0.25, -0.2) is 23.7 Å². The van der Waals surface area contributed by atoms with Crippen molar-refractivity contribution >= 4 is 30.0 Å². The van der Waals surface area contributed by atoms with E-state index in [0.29, 0.717) is 12.5 Å². The highest BCUT2D eigenvalue weighted by Gasteiger charge is 2.28. The van der Waals surface area contributed by atoms with Crippen molar-refractivity contribution in [2.75, 3.05) is 36.5 Å². The monoisotopic (exact) mass is 522 g/mol. The van der Waals surface area contributed by atoms with Gasteiger partial charge in [-0.05, 0) is 43.4 Å². The SMILES string of the molecule is CN(c1nccc(=O)n1COC(=O)CO)C1CCN(c2nc3c(n2Cc2ccc(F)cc2)=CCCC=3)CC1. The number of imidazole rings is 1. The minimum atomic E-state index is -0.809. The van der Waals surface area contributed by atoms with Gasteiger partial charge in [-0.1, -0.05) is 24.3 Å². The minimum absolute atomic E-state index is 0.105. The Bertz CT molecular complexity index is 1470. The van der Waals surface area contributed by atoms with E-state index in [1.807, 2.05) is 24.1 Å². The Morgan fingerprint density at radius 2 is 1.87 bits per heavy atom. The number of hydrogen-bond donors (Lipinski definition) is 1. The molecule has 200 valence electrons. The number of carbonyl (C=O) groups is 1. The van der Waals surface area contributed by atoms with Gasteiger partial charge < -0.3 is 24.2 Å². The summed E-state index contributed by atoms with van der Waals surface area (Å²) in [5.41, 5.74) is 0.669. The van der Waals surface area contributed by atoms with E-state index < -0.39 is 12.6 Å². The first-order valence-electron chi connectivity index (χ1n) is 12.8. The molecule has 1 fully saturated rings. The first-order valence-corrected chi connectivity index (χ1v) is 12.8. The molecule has 0 radical (unpaired) electrons. The van der Waals surface area contributed by atoms with Gasteiger partial charge in [-0.3, -0.25) is 4.79 Å². The van der Waals surface area contributed by atoms with Crippen molar-refractivity contribution in [2.45, 2.75) is 45.0 Å². The fourth-order valence-corrected chi connectivity index (χ4v) is 5.07. The van der Waals surface area contributed by atoms with E-state index >= 15 is 0 Å². The summed E-state index contributed by atoms with van der Waals surface area (Å²) in [6.07, 6.45) is 9.38. The third kappa shape index (κ3) is 5.33. The maximum absolute atomic E-state index is 13.5. The van der Waals surface area contributed by atoms with Gasteiger partial charge in [0, 0.05) is 38.4 Å². The third-order valence-corrected chi connectivity index (χ3v) is 7.12. The maximum Gasteiger partial charge on any atom is 0.333 e. The van der Waals surface area contributed by atoms with Crippen LogP contribution in [0.1, 0.15) is 31.2 Å². The molecule has 0 amide bonds. The fourth-order valence-electron chi connectivity index (χ4n) is 5.07. The zero-order valence-electron chi connectivity index (χ0n) is 21.3. The summed E-state index contributed by atoms with van der Waals surface area (Å²) in [5.74, 6) is 0.244. The molecule has 0 saturated carbocycles. The molecule has 3 aromatic rings. The number of carbonyl (C=O) groups excluding carboxylic acids is 1. The molecular formula is C27H31FN6O4. The molecule has 1 aliphatic heterocycles. The lowest BCUT2D eigenvalue weighted by molar-refractivity contribution is -0.150.